The second-order valence-corrected chi connectivity index (χ2v) is 23.1. The molecule has 3 aromatic carbocycles. The van der Waals surface area contributed by atoms with Crippen LogP contribution in [0.1, 0.15) is 65.7 Å². The van der Waals surface area contributed by atoms with E-state index in [1.165, 1.54) is 14.2 Å². The number of imidazole rings is 2. The highest BCUT2D eigenvalue weighted by Crippen LogP contribution is 2.39. The Kier molecular flexibility index (Phi) is 12.1. The molecule has 0 unspecified atom stereocenters. The summed E-state index contributed by atoms with van der Waals surface area (Å²) in [5, 5.41) is 7.48. The van der Waals surface area contributed by atoms with E-state index in [0.29, 0.717) is 18.0 Å². The summed E-state index contributed by atoms with van der Waals surface area (Å²) in [6.45, 7) is 14.4. The van der Waals surface area contributed by atoms with Crippen molar-refractivity contribution in [3.8, 4) is 22.4 Å². The Bertz CT molecular complexity index is 2390. The molecule has 2 fully saturated rings. The largest absolute Gasteiger partial charge is 0.453 e. The van der Waals surface area contributed by atoms with Gasteiger partial charge in [0.2, 0.25) is 11.9 Å². The molecule has 1 aliphatic heterocycles. The van der Waals surface area contributed by atoms with Gasteiger partial charge in [0.05, 0.1) is 51.3 Å². The highest BCUT2D eigenvalue weighted by atomic mass is 28.3. The van der Waals surface area contributed by atoms with Crippen molar-refractivity contribution < 1.29 is 28.7 Å². The average molecular weight is 835 g/mol. The van der Waals surface area contributed by atoms with E-state index in [4.69, 9.17) is 19.4 Å². The standard InChI is InChI=1S/C45H58N8O6Si/c1-25(2)37(50-44(56)58-6)41(54)52-24-60(8,9)23-36(52)40-46-22-35(47-40)29-13-11-28(12-14-29)30-15-18-33-31(21-30)16-19-34-39(33)49-43(48-34)53(32-17-10-27(5)20-32)42(55)38(26(3)4)51-45(57)59-7/h11-16,18-19,21-22,25-27,32,36-38H,10,17,20,23-24H2,1-9H3,(H,46,47)(H,48,49)(H,50,56)(H,51,57)/t27-,32+,36-,37-,38-/m0/s1. The van der Waals surface area contributed by atoms with E-state index < -0.39 is 32.3 Å². The number of nitrogens with zero attached hydrogens (tertiary/aromatic N) is 4. The van der Waals surface area contributed by atoms with Crippen molar-refractivity contribution >= 4 is 59.8 Å². The Balaban J connectivity index is 1.12. The van der Waals surface area contributed by atoms with Gasteiger partial charge in [0.25, 0.3) is 5.91 Å². The Morgan fingerprint density at radius 1 is 0.850 bits per heavy atom. The van der Waals surface area contributed by atoms with Gasteiger partial charge < -0.3 is 35.0 Å². The first kappa shape index (κ1) is 42.4. The fraction of sp³-hybridized carbons (Fsp3) is 0.467. The molecule has 0 radical (unpaired) electrons. The van der Waals surface area contributed by atoms with Crippen LogP contribution in [0.2, 0.25) is 19.1 Å². The Morgan fingerprint density at radius 2 is 1.50 bits per heavy atom. The van der Waals surface area contributed by atoms with Gasteiger partial charge in [-0.05, 0) is 77.3 Å². The predicted molar refractivity (Wildman–Crippen MR) is 236 cm³/mol. The molecule has 15 heteroatoms. The molecule has 3 heterocycles. The highest BCUT2D eigenvalue weighted by Gasteiger charge is 2.46. The van der Waals surface area contributed by atoms with Crippen LogP contribution in [-0.4, -0.2) is 95.4 Å². The number of H-pyrrole nitrogens is 2. The summed E-state index contributed by atoms with van der Waals surface area (Å²) >= 11 is 0. The number of methoxy groups -OCH3 is 2. The van der Waals surface area contributed by atoms with E-state index in [9.17, 15) is 19.2 Å². The molecule has 0 spiro atoms. The summed E-state index contributed by atoms with van der Waals surface area (Å²) in [7, 11) is 0.839. The maximum absolute atomic E-state index is 14.3. The molecule has 5 atom stereocenters. The number of anilines is 1. The summed E-state index contributed by atoms with van der Waals surface area (Å²) in [5.41, 5.74) is 5.53. The lowest BCUT2D eigenvalue weighted by Crippen LogP contribution is -2.54. The number of benzene rings is 3. The molecule has 7 rings (SSSR count). The zero-order chi connectivity index (χ0) is 43.0. The first-order valence-corrected chi connectivity index (χ1v) is 24.4. The molecule has 318 valence electrons. The molecule has 4 N–H and O–H groups in total. The number of alkyl carbamates (subject to hydrolysis) is 2. The van der Waals surface area contributed by atoms with Gasteiger partial charge in [-0.15, -0.1) is 0 Å². The normalized spacial score (nSPS) is 19.8. The van der Waals surface area contributed by atoms with Gasteiger partial charge >= 0.3 is 12.2 Å². The van der Waals surface area contributed by atoms with Crippen LogP contribution in [0.4, 0.5) is 15.5 Å². The molecule has 1 saturated heterocycles. The number of carbonyl (C=O) groups excluding carboxylic acids is 4. The van der Waals surface area contributed by atoms with Crippen LogP contribution < -0.4 is 15.5 Å². The fourth-order valence-electron chi connectivity index (χ4n) is 8.92. The number of nitrogens with one attached hydrogen (secondary N) is 4. The van der Waals surface area contributed by atoms with Gasteiger partial charge in [-0.2, -0.15) is 0 Å². The van der Waals surface area contributed by atoms with E-state index in [1.807, 2.05) is 44.9 Å². The number of fused-ring (bicyclic) bond motifs is 3. The van der Waals surface area contributed by atoms with E-state index in [2.05, 4.69) is 89.2 Å². The second-order valence-electron chi connectivity index (χ2n) is 18.1. The lowest BCUT2D eigenvalue weighted by Gasteiger charge is -2.32. The van der Waals surface area contributed by atoms with Crippen LogP contribution >= 0.6 is 0 Å². The molecule has 14 nitrogen and oxygen atoms in total. The van der Waals surface area contributed by atoms with Crippen LogP contribution in [0.5, 0.6) is 0 Å². The number of hydrogen-bond acceptors (Lipinski definition) is 8. The molecular formula is C45H58N8O6Si. The summed E-state index contributed by atoms with van der Waals surface area (Å²) in [4.78, 5) is 73.0. The number of carbonyl (C=O) groups is 4. The molecule has 4 amide bonds. The third-order valence-electron chi connectivity index (χ3n) is 12.2. The van der Waals surface area contributed by atoms with Crippen LogP contribution in [-0.2, 0) is 19.1 Å². The number of ether oxygens (including phenoxy) is 2. The maximum atomic E-state index is 14.3. The van der Waals surface area contributed by atoms with Crippen molar-refractivity contribution in [1.82, 2.24) is 35.5 Å². The maximum Gasteiger partial charge on any atom is 0.407 e. The molecule has 2 aromatic heterocycles. The van der Waals surface area contributed by atoms with Crippen LogP contribution in [0.15, 0.2) is 60.8 Å². The van der Waals surface area contributed by atoms with Gasteiger partial charge in [-0.25, -0.2) is 19.6 Å². The number of hydrogen-bond donors (Lipinski definition) is 4. The Labute approximate surface area is 352 Å². The summed E-state index contributed by atoms with van der Waals surface area (Å²) in [6, 6.07) is 17.9. The van der Waals surface area contributed by atoms with Crippen molar-refractivity contribution in [2.24, 2.45) is 17.8 Å². The average Bonchev–Trinajstić information content (AvgIpc) is 4.04. The number of aromatic amines is 2. The van der Waals surface area contributed by atoms with Crippen LogP contribution in [0.3, 0.4) is 0 Å². The van der Waals surface area contributed by atoms with Crippen LogP contribution in [0, 0.1) is 17.8 Å². The van der Waals surface area contributed by atoms with Crippen molar-refractivity contribution in [1.29, 1.82) is 0 Å². The number of amides is 4. The number of rotatable bonds is 11. The summed E-state index contributed by atoms with van der Waals surface area (Å²) in [6.07, 6.45) is 3.97. The monoisotopic (exact) mass is 834 g/mol. The summed E-state index contributed by atoms with van der Waals surface area (Å²) < 4.78 is 9.68. The van der Waals surface area contributed by atoms with E-state index >= 15 is 0 Å². The van der Waals surface area contributed by atoms with E-state index in [0.717, 1.165) is 75.3 Å². The fourth-order valence-corrected chi connectivity index (χ4v) is 11.8. The van der Waals surface area contributed by atoms with Crippen molar-refractivity contribution in [2.45, 2.75) is 97.2 Å². The molecule has 1 saturated carbocycles. The molecule has 2 aliphatic rings. The number of aromatic nitrogens is 4. The van der Waals surface area contributed by atoms with Gasteiger partial charge in [0.15, 0.2) is 0 Å². The second kappa shape index (κ2) is 17.1. The summed E-state index contributed by atoms with van der Waals surface area (Å²) in [5.74, 6) is 1.09. The van der Waals surface area contributed by atoms with E-state index in [1.54, 1.807) is 4.90 Å². The van der Waals surface area contributed by atoms with Crippen molar-refractivity contribution in [3.05, 3.63) is 66.6 Å². The Hall–Kier alpha value is -5.70. The SMILES string of the molecule is COC(=O)N[C@H](C(=O)N1C[Si](C)(C)C[C@H]1c1ncc(-c2ccc(-c3ccc4c(ccc5[nH]c(N(C(=O)[C@@H](NC(=O)OC)C(C)C)[C@@H]6CC[C@H](C)C6)nc54)c3)cc2)[nH]1)C(C)C. The minimum Gasteiger partial charge on any atom is -0.453 e. The predicted octanol–water partition coefficient (Wildman–Crippen LogP) is 8.19. The minimum absolute atomic E-state index is 0.0438. The zero-order valence-corrected chi connectivity index (χ0v) is 37.1. The van der Waals surface area contributed by atoms with Gasteiger partial charge in [0.1, 0.15) is 17.9 Å². The molecule has 1 aliphatic carbocycles. The van der Waals surface area contributed by atoms with Gasteiger partial charge in [-0.3, -0.25) is 14.5 Å². The third-order valence-corrected chi connectivity index (χ3v) is 14.9. The smallest absolute Gasteiger partial charge is 0.407 e. The first-order valence-electron chi connectivity index (χ1n) is 21.0. The molecule has 60 heavy (non-hydrogen) atoms. The molecular weight excluding hydrogens is 777 g/mol. The van der Waals surface area contributed by atoms with Crippen molar-refractivity contribution in [2.75, 3.05) is 25.3 Å². The van der Waals surface area contributed by atoms with Gasteiger partial charge in [0, 0.05) is 17.6 Å². The molecule has 0 bridgehead atoms. The topological polar surface area (TPSA) is 175 Å². The minimum atomic E-state index is -1.76. The Morgan fingerprint density at radius 3 is 2.13 bits per heavy atom. The van der Waals surface area contributed by atoms with Crippen LogP contribution in [0.25, 0.3) is 44.2 Å². The third kappa shape index (κ3) is 8.63. The van der Waals surface area contributed by atoms with E-state index in [-0.39, 0.29) is 35.7 Å². The molecule has 5 aromatic rings. The zero-order valence-electron chi connectivity index (χ0n) is 36.1. The first-order chi connectivity index (χ1) is 28.6. The van der Waals surface area contributed by atoms with Gasteiger partial charge in [-0.1, -0.05) is 90.2 Å². The lowest BCUT2D eigenvalue weighted by molar-refractivity contribution is -0.135. The van der Waals surface area contributed by atoms with Crippen molar-refractivity contribution in [3.63, 3.8) is 0 Å². The lowest BCUT2D eigenvalue weighted by atomic mass is 9.99. The highest BCUT2D eigenvalue weighted by molar-refractivity contribution is 6.78. The quantitative estimate of drug-likeness (QED) is 0.0964.